The third kappa shape index (κ3) is 3.32. The minimum absolute atomic E-state index is 0.207. The van der Waals surface area contributed by atoms with Gasteiger partial charge >= 0.3 is 0 Å². The quantitative estimate of drug-likeness (QED) is 0.200. The van der Waals surface area contributed by atoms with Crippen LogP contribution in [0.5, 0.6) is 0 Å². The fourth-order valence-electron chi connectivity index (χ4n) is 6.77. The molecule has 39 heavy (non-hydrogen) atoms. The summed E-state index contributed by atoms with van der Waals surface area (Å²) in [6.07, 6.45) is 1.67. The lowest BCUT2D eigenvalue weighted by atomic mass is 9.47. The summed E-state index contributed by atoms with van der Waals surface area (Å²) in [4.78, 5) is 42.6. The molecule has 0 saturated carbocycles. The monoisotopic (exact) mass is 575 g/mol. The van der Waals surface area contributed by atoms with Crippen LogP contribution in [0.3, 0.4) is 0 Å². The van der Waals surface area contributed by atoms with Gasteiger partial charge in [0.15, 0.2) is 0 Å². The number of halogens is 1. The van der Waals surface area contributed by atoms with Crippen LogP contribution >= 0.6 is 15.9 Å². The molecule has 0 aromatic heterocycles. The Labute approximate surface area is 233 Å². The van der Waals surface area contributed by atoms with E-state index in [4.69, 9.17) is 0 Å². The lowest BCUT2D eigenvalue weighted by Crippen LogP contribution is -2.54. The van der Waals surface area contributed by atoms with Crippen molar-refractivity contribution in [2.24, 2.45) is 16.9 Å². The SMILES string of the molecule is O=C(N/N=C\C12c3ccccc3C(c3ccccc31)[C@@H]1C(=O)N(c3ccccc3)C(=O)[C@@H]12)c1cccc(Br)c1. The van der Waals surface area contributed by atoms with Crippen molar-refractivity contribution in [1.29, 1.82) is 0 Å². The average Bonchev–Trinajstić information content (AvgIpc) is 3.24. The standard InChI is InChI=1S/C32H22BrN3O3/c33-20-10-8-9-19(17-20)29(37)35-34-18-32-24-15-6-4-13-22(24)26(23-14-5-7-16-25(23)32)27-28(32)31(39)36(30(27)38)21-11-2-1-3-12-21/h1-18,26-28H,(H,35,37)/b34-18-/t26?,27-,28+,32?/m0/s1. The van der Waals surface area contributed by atoms with Crippen molar-refractivity contribution in [3.8, 4) is 0 Å². The van der Waals surface area contributed by atoms with Gasteiger partial charge in [-0.3, -0.25) is 14.4 Å². The van der Waals surface area contributed by atoms with Gasteiger partial charge in [-0.1, -0.05) is 88.7 Å². The molecule has 7 heteroatoms. The van der Waals surface area contributed by atoms with Crippen molar-refractivity contribution in [2.75, 3.05) is 4.90 Å². The molecule has 4 aliphatic rings. The molecule has 0 unspecified atom stereocenters. The van der Waals surface area contributed by atoms with E-state index in [0.29, 0.717) is 11.3 Å². The number of anilines is 1. The zero-order chi connectivity index (χ0) is 26.7. The van der Waals surface area contributed by atoms with E-state index in [0.717, 1.165) is 26.7 Å². The maximum Gasteiger partial charge on any atom is 0.271 e. The maximum absolute atomic E-state index is 14.3. The van der Waals surface area contributed by atoms with Crippen LogP contribution in [0.25, 0.3) is 0 Å². The highest BCUT2D eigenvalue weighted by Crippen LogP contribution is 2.63. The van der Waals surface area contributed by atoms with E-state index < -0.39 is 17.3 Å². The van der Waals surface area contributed by atoms with E-state index in [-0.39, 0.29) is 23.6 Å². The van der Waals surface area contributed by atoms with E-state index in [1.54, 1.807) is 36.5 Å². The van der Waals surface area contributed by atoms with Gasteiger partial charge in [0.05, 0.1) is 22.9 Å². The normalized spacial score (nSPS) is 24.4. The van der Waals surface area contributed by atoms with Crippen molar-refractivity contribution in [2.45, 2.75) is 11.3 Å². The molecular formula is C32H22BrN3O3. The topological polar surface area (TPSA) is 78.8 Å². The summed E-state index contributed by atoms with van der Waals surface area (Å²) in [6, 6.07) is 32.1. The Hall–Kier alpha value is -4.36. The predicted molar refractivity (Wildman–Crippen MR) is 152 cm³/mol. The van der Waals surface area contributed by atoms with Gasteiger partial charge in [-0.25, -0.2) is 10.3 Å². The minimum atomic E-state index is -1.03. The first kappa shape index (κ1) is 23.7. The van der Waals surface area contributed by atoms with Crippen LogP contribution in [0.4, 0.5) is 5.69 Å². The van der Waals surface area contributed by atoms with Crippen LogP contribution in [0.15, 0.2) is 113 Å². The smallest absolute Gasteiger partial charge is 0.271 e. The third-order valence-electron chi connectivity index (χ3n) is 8.22. The Balaban J connectivity index is 1.41. The number of imide groups is 1. The summed E-state index contributed by atoms with van der Waals surface area (Å²) < 4.78 is 0.782. The van der Waals surface area contributed by atoms with Crippen molar-refractivity contribution in [1.82, 2.24) is 5.43 Å². The second kappa shape index (κ2) is 8.85. The van der Waals surface area contributed by atoms with E-state index in [2.05, 4.69) is 26.5 Å². The highest BCUT2D eigenvalue weighted by Gasteiger charge is 2.68. The molecule has 2 atom stereocenters. The highest BCUT2D eigenvalue weighted by molar-refractivity contribution is 9.10. The number of nitrogens with one attached hydrogen (secondary N) is 1. The number of para-hydroxylation sites is 1. The summed E-state index contributed by atoms with van der Waals surface area (Å²) in [5.41, 5.74) is 6.53. The molecule has 1 aliphatic heterocycles. The number of hydrazone groups is 1. The predicted octanol–water partition coefficient (Wildman–Crippen LogP) is 5.42. The molecule has 3 aliphatic carbocycles. The molecule has 0 spiro atoms. The molecule has 6 nitrogen and oxygen atoms in total. The van der Waals surface area contributed by atoms with Gasteiger partial charge < -0.3 is 0 Å². The highest BCUT2D eigenvalue weighted by atomic mass is 79.9. The van der Waals surface area contributed by atoms with Gasteiger partial charge in [-0.15, -0.1) is 0 Å². The summed E-state index contributed by atoms with van der Waals surface area (Å²) in [7, 11) is 0. The molecule has 2 bridgehead atoms. The third-order valence-corrected chi connectivity index (χ3v) is 8.71. The van der Waals surface area contributed by atoms with Crippen molar-refractivity contribution in [3.05, 3.63) is 135 Å². The molecule has 4 aromatic carbocycles. The first-order valence-electron chi connectivity index (χ1n) is 12.7. The zero-order valence-electron chi connectivity index (χ0n) is 20.6. The van der Waals surface area contributed by atoms with Gasteiger partial charge in [-0.05, 0) is 52.6 Å². The molecule has 0 radical (unpaired) electrons. The van der Waals surface area contributed by atoms with Gasteiger partial charge in [0.25, 0.3) is 5.91 Å². The van der Waals surface area contributed by atoms with E-state index in [1.807, 2.05) is 72.8 Å². The first-order valence-corrected chi connectivity index (χ1v) is 13.5. The Bertz CT molecular complexity index is 1650. The number of hydrogen-bond donors (Lipinski definition) is 1. The largest absolute Gasteiger partial charge is 0.274 e. The Kier molecular flexibility index (Phi) is 5.39. The lowest BCUT2D eigenvalue weighted by molar-refractivity contribution is -0.122. The second-order valence-electron chi connectivity index (χ2n) is 10.1. The summed E-state index contributed by atoms with van der Waals surface area (Å²) >= 11 is 3.40. The fourth-order valence-corrected chi connectivity index (χ4v) is 7.17. The van der Waals surface area contributed by atoms with Crippen molar-refractivity contribution >= 4 is 45.6 Å². The van der Waals surface area contributed by atoms with Crippen LogP contribution in [-0.4, -0.2) is 23.9 Å². The van der Waals surface area contributed by atoms with Gasteiger partial charge in [-0.2, -0.15) is 5.10 Å². The number of amides is 3. The van der Waals surface area contributed by atoms with Crippen molar-refractivity contribution < 1.29 is 14.4 Å². The minimum Gasteiger partial charge on any atom is -0.274 e. The summed E-state index contributed by atoms with van der Waals surface area (Å²) in [6.45, 7) is 0. The Morgan fingerprint density at radius 1 is 0.821 bits per heavy atom. The molecule has 1 heterocycles. The molecule has 1 fully saturated rings. The number of hydrogen-bond acceptors (Lipinski definition) is 4. The van der Waals surface area contributed by atoms with Crippen LogP contribution < -0.4 is 10.3 Å². The number of benzene rings is 4. The average molecular weight is 576 g/mol. The summed E-state index contributed by atoms with van der Waals surface area (Å²) in [5.74, 6) is -2.37. The van der Waals surface area contributed by atoms with Crippen LogP contribution in [0.2, 0.25) is 0 Å². The van der Waals surface area contributed by atoms with Crippen LogP contribution in [0.1, 0.15) is 38.5 Å². The van der Waals surface area contributed by atoms with Crippen molar-refractivity contribution in [3.63, 3.8) is 0 Å². The number of carbonyl (C=O) groups excluding carboxylic acids is 3. The Morgan fingerprint density at radius 3 is 2.13 bits per heavy atom. The first-order chi connectivity index (χ1) is 19.0. The maximum atomic E-state index is 14.3. The number of rotatable bonds is 4. The molecule has 190 valence electrons. The van der Waals surface area contributed by atoms with E-state index >= 15 is 0 Å². The molecular weight excluding hydrogens is 554 g/mol. The van der Waals surface area contributed by atoms with E-state index in [1.165, 1.54) is 4.90 Å². The van der Waals surface area contributed by atoms with E-state index in [9.17, 15) is 14.4 Å². The lowest BCUT2D eigenvalue weighted by Gasteiger charge is -2.52. The van der Waals surface area contributed by atoms with Gasteiger partial charge in [0.2, 0.25) is 11.8 Å². The number of carbonyl (C=O) groups is 3. The molecule has 1 saturated heterocycles. The second-order valence-corrected chi connectivity index (χ2v) is 11.0. The van der Waals surface area contributed by atoms with Gasteiger partial charge in [0.1, 0.15) is 0 Å². The number of nitrogens with zero attached hydrogens (tertiary/aromatic N) is 2. The van der Waals surface area contributed by atoms with Crippen LogP contribution in [-0.2, 0) is 15.0 Å². The summed E-state index contributed by atoms with van der Waals surface area (Å²) in [5, 5.41) is 4.46. The zero-order valence-corrected chi connectivity index (χ0v) is 22.2. The molecule has 8 rings (SSSR count). The molecule has 4 aromatic rings. The fraction of sp³-hybridized carbons (Fsp3) is 0.125. The Morgan fingerprint density at radius 2 is 1.46 bits per heavy atom. The van der Waals surface area contributed by atoms with Gasteiger partial charge in [0, 0.05) is 22.2 Å². The van der Waals surface area contributed by atoms with Crippen LogP contribution in [0, 0.1) is 11.8 Å². The molecule has 1 N–H and O–H groups in total. The molecule has 3 amide bonds.